The average Bonchev–Trinajstić information content (AvgIpc) is 2.90. The van der Waals surface area contributed by atoms with Crippen LogP contribution in [0.5, 0.6) is 5.75 Å². The molecular formula is C16H13NO2S. The van der Waals surface area contributed by atoms with E-state index >= 15 is 0 Å². The first-order valence-corrected chi connectivity index (χ1v) is 7.14. The number of nitrogens with one attached hydrogen (secondary N) is 1. The Kier molecular flexibility index (Phi) is 3.39. The first-order valence-electron chi connectivity index (χ1n) is 6.26. The van der Waals surface area contributed by atoms with Crippen LogP contribution in [0.4, 0.5) is 0 Å². The quantitative estimate of drug-likeness (QED) is 0.772. The molecule has 100 valence electrons. The van der Waals surface area contributed by atoms with Crippen LogP contribution in [0.25, 0.3) is 10.1 Å². The van der Waals surface area contributed by atoms with E-state index in [-0.39, 0.29) is 11.7 Å². The molecule has 1 amide bonds. The number of phenols is 1. The van der Waals surface area contributed by atoms with E-state index in [0.717, 1.165) is 15.6 Å². The van der Waals surface area contributed by atoms with Gasteiger partial charge in [0.1, 0.15) is 5.75 Å². The molecule has 3 rings (SSSR count). The maximum absolute atomic E-state index is 12.2. The second-order valence-electron chi connectivity index (χ2n) is 4.49. The van der Waals surface area contributed by atoms with E-state index in [4.69, 9.17) is 0 Å². The minimum Gasteiger partial charge on any atom is -0.508 e. The lowest BCUT2D eigenvalue weighted by atomic mass is 10.1. The largest absolute Gasteiger partial charge is 0.508 e. The van der Waals surface area contributed by atoms with E-state index in [0.29, 0.717) is 12.1 Å². The highest BCUT2D eigenvalue weighted by Gasteiger charge is 2.11. The van der Waals surface area contributed by atoms with E-state index in [1.807, 2.05) is 29.6 Å². The summed E-state index contributed by atoms with van der Waals surface area (Å²) in [6.45, 7) is 0.448. The molecule has 0 bridgehead atoms. The second kappa shape index (κ2) is 5.35. The number of aromatic hydroxyl groups is 1. The minimum absolute atomic E-state index is 0.0736. The summed E-state index contributed by atoms with van der Waals surface area (Å²) in [5, 5.41) is 15.0. The van der Waals surface area contributed by atoms with Crippen LogP contribution in [0.3, 0.4) is 0 Å². The van der Waals surface area contributed by atoms with Gasteiger partial charge in [0.25, 0.3) is 5.91 Å². The lowest BCUT2D eigenvalue weighted by molar-refractivity contribution is 0.0953. The Bertz CT molecular complexity index is 747. The third-order valence-electron chi connectivity index (χ3n) is 3.12. The number of thiophene rings is 1. The Morgan fingerprint density at radius 2 is 1.85 bits per heavy atom. The molecular weight excluding hydrogens is 270 g/mol. The van der Waals surface area contributed by atoms with Crippen LogP contribution >= 0.6 is 11.3 Å². The number of carbonyl (C=O) groups excluding carboxylic acids is 1. The van der Waals surface area contributed by atoms with Crippen LogP contribution in [0, 0.1) is 0 Å². The van der Waals surface area contributed by atoms with Gasteiger partial charge in [0.05, 0.1) is 5.56 Å². The third-order valence-corrected chi connectivity index (χ3v) is 4.08. The number of phenolic OH excluding ortho intramolecular Hbond substituents is 1. The first kappa shape index (κ1) is 12.7. The molecule has 0 spiro atoms. The normalized spacial score (nSPS) is 10.6. The van der Waals surface area contributed by atoms with Gasteiger partial charge in [-0.3, -0.25) is 4.79 Å². The van der Waals surface area contributed by atoms with E-state index in [2.05, 4.69) is 5.32 Å². The predicted octanol–water partition coefficient (Wildman–Crippen LogP) is 3.54. The zero-order chi connectivity index (χ0) is 13.9. The van der Waals surface area contributed by atoms with Gasteiger partial charge in [-0.2, -0.15) is 0 Å². The Morgan fingerprint density at radius 3 is 2.65 bits per heavy atom. The molecule has 0 saturated carbocycles. The van der Waals surface area contributed by atoms with Gasteiger partial charge >= 0.3 is 0 Å². The summed E-state index contributed by atoms with van der Waals surface area (Å²) in [7, 11) is 0. The molecule has 0 fully saturated rings. The van der Waals surface area contributed by atoms with Gasteiger partial charge in [0.2, 0.25) is 0 Å². The topological polar surface area (TPSA) is 49.3 Å². The molecule has 2 N–H and O–H groups in total. The van der Waals surface area contributed by atoms with Crippen molar-refractivity contribution >= 4 is 27.3 Å². The molecule has 3 nitrogen and oxygen atoms in total. The van der Waals surface area contributed by atoms with Gasteiger partial charge in [-0.1, -0.05) is 30.3 Å². The molecule has 4 heteroatoms. The van der Waals surface area contributed by atoms with Gasteiger partial charge in [-0.25, -0.2) is 0 Å². The molecule has 3 aromatic rings. The van der Waals surface area contributed by atoms with E-state index in [9.17, 15) is 9.90 Å². The molecule has 0 aliphatic carbocycles. The number of rotatable bonds is 3. The first-order chi connectivity index (χ1) is 9.74. The standard InChI is InChI=1S/C16H13NO2S/c18-12-7-5-11(6-8-12)9-17-16(19)14-10-20-15-4-2-1-3-13(14)15/h1-8,10,18H,9H2,(H,17,19). The van der Waals surface area contributed by atoms with Crippen molar-refractivity contribution in [2.75, 3.05) is 0 Å². The molecule has 0 aliphatic heterocycles. The van der Waals surface area contributed by atoms with Crippen molar-refractivity contribution in [1.82, 2.24) is 5.32 Å². The highest BCUT2D eigenvalue weighted by Crippen LogP contribution is 2.25. The summed E-state index contributed by atoms with van der Waals surface area (Å²) in [5.41, 5.74) is 1.67. The molecule has 0 saturated heterocycles. The number of hydrogen-bond acceptors (Lipinski definition) is 3. The number of benzene rings is 2. The zero-order valence-corrected chi connectivity index (χ0v) is 11.5. The number of carbonyl (C=O) groups is 1. The van der Waals surface area contributed by atoms with Gasteiger partial charge < -0.3 is 10.4 Å². The third kappa shape index (κ3) is 2.51. The Morgan fingerprint density at radius 1 is 1.10 bits per heavy atom. The Hall–Kier alpha value is -2.33. The summed E-state index contributed by atoms with van der Waals surface area (Å²) < 4.78 is 1.11. The number of fused-ring (bicyclic) bond motifs is 1. The highest BCUT2D eigenvalue weighted by molar-refractivity contribution is 7.17. The molecule has 1 heterocycles. The lowest BCUT2D eigenvalue weighted by Gasteiger charge is -2.05. The molecule has 0 atom stereocenters. The molecule has 20 heavy (non-hydrogen) atoms. The van der Waals surface area contributed by atoms with Crippen LogP contribution in [0.1, 0.15) is 15.9 Å². The van der Waals surface area contributed by atoms with E-state index < -0.39 is 0 Å². The second-order valence-corrected chi connectivity index (χ2v) is 5.41. The van der Waals surface area contributed by atoms with Crippen molar-refractivity contribution in [2.24, 2.45) is 0 Å². The number of amides is 1. The van der Waals surface area contributed by atoms with Crippen LogP contribution in [0.2, 0.25) is 0 Å². The summed E-state index contributed by atoms with van der Waals surface area (Å²) >= 11 is 1.57. The molecule has 1 aromatic heterocycles. The summed E-state index contributed by atoms with van der Waals surface area (Å²) in [6, 6.07) is 14.7. The summed E-state index contributed by atoms with van der Waals surface area (Å²) in [6.07, 6.45) is 0. The fraction of sp³-hybridized carbons (Fsp3) is 0.0625. The fourth-order valence-corrected chi connectivity index (χ4v) is 2.99. The monoisotopic (exact) mass is 283 g/mol. The smallest absolute Gasteiger partial charge is 0.253 e. The molecule has 0 radical (unpaired) electrons. The molecule has 2 aromatic carbocycles. The summed E-state index contributed by atoms with van der Waals surface area (Å²) in [4.78, 5) is 12.2. The Labute approximate surface area is 120 Å². The van der Waals surface area contributed by atoms with Crippen molar-refractivity contribution in [1.29, 1.82) is 0 Å². The van der Waals surface area contributed by atoms with Crippen molar-refractivity contribution in [2.45, 2.75) is 6.54 Å². The van der Waals surface area contributed by atoms with Crippen LogP contribution in [-0.2, 0) is 6.54 Å². The van der Waals surface area contributed by atoms with E-state index in [1.165, 1.54) is 0 Å². The maximum atomic E-state index is 12.2. The van der Waals surface area contributed by atoms with Crippen molar-refractivity contribution in [3.8, 4) is 5.75 Å². The highest BCUT2D eigenvalue weighted by atomic mass is 32.1. The van der Waals surface area contributed by atoms with Crippen LogP contribution in [0.15, 0.2) is 53.9 Å². The minimum atomic E-state index is -0.0736. The van der Waals surface area contributed by atoms with E-state index in [1.54, 1.807) is 35.6 Å². The SMILES string of the molecule is O=C(NCc1ccc(O)cc1)c1csc2ccccc12. The van der Waals surface area contributed by atoms with Gasteiger partial charge in [0, 0.05) is 22.0 Å². The number of hydrogen-bond donors (Lipinski definition) is 2. The van der Waals surface area contributed by atoms with Crippen molar-refractivity contribution < 1.29 is 9.90 Å². The van der Waals surface area contributed by atoms with Crippen molar-refractivity contribution in [3.05, 3.63) is 65.0 Å². The Balaban J connectivity index is 1.75. The van der Waals surface area contributed by atoms with Gasteiger partial charge in [-0.05, 0) is 23.8 Å². The molecule has 0 aliphatic rings. The zero-order valence-electron chi connectivity index (χ0n) is 10.7. The lowest BCUT2D eigenvalue weighted by Crippen LogP contribution is -2.22. The van der Waals surface area contributed by atoms with Gasteiger partial charge in [0.15, 0.2) is 0 Å². The van der Waals surface area contributed by atoms with Crippen LogP contribution < -0.4 is 5.32 Å². The fourth-order valence-electron chi connectivity index (χ4n) is 2.05. The average molecular weight is 283 g/mol. The van der Waals surface area contributed by atoms with Gasteiger partial charge in [-0.15, -0.1) is 11.3 Å². The van der Waals surface area contributed by atoms with Crippen molar-refractivity contribution in [3.63, 3.8) is 0 Å². The predicted molar refractivity (Wildman–Crippen MR) is 81.1 cm³/mol. The van der Waals surface area contributed by atoms with Crippen LogP contribution in [-0.4, -0.2) is 11.0 Å². The molecule has 0 unspecified atom stereocenters. The maximum Gasteiger partial charge on any atom is 0.253 e. The summed E-state index contributed by atoms with van der Waals surface area (Å²) in [5.74, 6) is 0.152.